The minimum Gasteiger partial charge on any atom is -0.490 e. The zero-order valence-electron chi connectivity index (χ0n) is 8.87. The Morgan fingerprint density at radius 1 is 1.31 bits per heavy atom. The Balaban J connectivity index is 2.85. The van der Waals surface area contributed by atoms with Crippen LogP contribution >= 0.6 is 0 Å². The van der Waals surface area contributed by atoms with Gasteiger partial charge in [-0.3, -0.25) is 0 Å². The first-order valence-corrected chi connectivity index (χ1v) is 4.81. The molecule has 0 aromatic heterocycles. The number of hydrogen-bond donors (Lipinski definition) is 0. The fraction of sp³-hybridized carbons (Fsp3) is 0.333. The summed E-state index contributed by atoms with van der Waals surface area (Å²) in [5, 5.41) is 0. The van der Waals surface area contributed by atoms with E-state index in [1.54, 1.807) is 19.1 Å². The highest BCUT2D eigenvalue weighted by Crippen LogP contribution is 2.28. The molecule has 0 spiro atoms. The number of rotatable bonds is 5. The highest BCUT2D eigenvalue weighted by Gasteiger charge is 2.09. The van der Waals surface area contributed by atoms with Crippen LogP contribution in [0.5, 0.6) is 11.5 Å². The van der Waals surface area contributed by atoms with Crippen molar-refractivity contribution in [1.82, 2.24) is 0 Å². The molecule has 0 aliphatic heterocycles. The van der Waals surface area contributed by atoms with E-state index in [9.17, 15) is 8.78 Å². The van der Waals surface area contributed by atoms with E-state index >= 15 is 0 Å². The van der Waals surface area contributed by atoms with Gasteiger partial charge in [-0.1, -0.05) is 5.92 Å². The van der Waals surface area contributed by atoms with Crippen LogP contribution in [-0.4, -0.2) is 19.6 Å². The molecule has 0 saturated carbocycles. The summed E-state index contributed by atoms with van der Waals surface area (Å²) in [5.41, 5.74) is 0.618. The van der Waals surface area contributed by atoms with E-state index in [-0.39, 0.29) is 5.75 Å². The van der Waals surface area contributed by atoms with Gasteiger partial charge < -0.3 is 9.47 Å². The molecule has 1 aromatic rings. The number of halogens is 2. The average molecular weight is 226 g/mol. The van der Waals surface area contributed by atoms with Crippen LogP contribution in [-0.2, 0) is 0 Å². The van der Waals surface area contributed by atoms with Crippen molar-refractivity contribution >= 4 is 0 Å². The lowest BCUT2D eigenvalue weighted by atomic mass is 10.2. The van der Waals surface area contributed by atoms with Crippen LogP contribution in [0.3, 0.4) is 0 Å². The number of ether oxygens (including phenoxy) is 2. The van der Waals surface area contributed by atoms with Crippen molar-refractivity contribution in [3.05, 3.63) is 23.8 Å². The van der Waals surface area contributed by atoms with Gasteiger partial charge in [-0.15, -0.1) is 6.42 Å². The van der Waals surface area contributed by atoms with Gasteiger partial charge in [0.15, 0.2) is 11.5 Å². The molecule has 0 N–H and O–H groups in total. The maximum atomic E-state index is 12.0. The van der Waals surface area contributed by atoms with Gasteiger partial charge in [0.25, 0.3) is 6.43 Å². The van der Waals surface area contributed by atoms with E-state index in [1.807, 2.05) is 0 Å². The lowest BCUT2D eigenvalue weighted by molar-refractivity contribution is 0.0801. The Kier molecular flexibility index (Phi) is 4.59. The van der Waals surface area contributed by atoms with Crippen LogP contribution < -0.4 is 9.47 Å². The predicted octanol–water partition coefficient (Wildman–Crippen LogP) is 2.71. The van der Waals surface area contributed by atoms with Crippen LogP contribution in [0, 0.1) is 12.3 Å². The summed E-state index contributed by atoms with van der Waals surface area (Å²) in [6.45, 7) is 1.55. The first-order chi connectivity index (χ1) is 7.67. The van der Waals surface area contributed by atoms with Gasteiger partial charge in [-0.25, -0.2) is 8.78 Å². The number of alkyl halides is 2. The largest absolute Gasteiger partial charge is 0.490 e. The second kappa shape index (κ2) is 5.96. The maximum Gasteiger partial charge on any atom is 0.272 e. The maximum absolute atomic E-state index is 12.0. The third kappa shape index (κ3) is 3.43. The molecule has 0 amide bonds. The van der Waals surface area contributed by atoms with E-state index in [4.69, 9.17) is 15.9 Å². The zero-order chi connectivity index (χ0) is 12.0. The van der Waals surface area contributed by atoms with Crippen molar-refractivity contribution in [2.75, 3.05) is 13.2 Å². The van der Waals surface area contributed by atoms with E-state index in [2.05, 4.69) is 5.92 Å². The van der Waals surface area contributed by atoms with E-state index < -0.39 is 13.0 Å². The van der Waals surface area contributed by atoms with Crippen LogP contribution in [0.4, 0.5) is 8.78 Å². The molecule has 0 aliphatic rings. The molecule has 0 fully saturated rings. The molecule has 4 heteroatoms. The Labute approximate surface area is 93.2 Å². The SMILES string of the molecule is C#Cc1ccc(OCC(F)F)c(OCC)c1. The smallest absolute Gasteiger partial charge is 0.272 e. The Morgan fingerprint density at radius 2 is 2.06 bits per heavy atom. The fourth-order valence-corrected chi connectivity index (χ4v) is 1.14. The molecule has 0 heterocycles. The molecule has 2 nitrogen and oxygen atoms in total. The second-order valence-corrected chi connectivity index (χ2v) is 2.94. The first kappa shape index (κ1) is 12.3. The van der Waals surface area contributed by atoms with E-state index in [0.717, 1.165) is 0 Å². The summed E-state index contributed by atoms with van der Waals surface area (Å²) in [6.07, 6.45) is 2.71. The molecule has 0 atom stereocenters. The minimum absolute atomic E-state index is 0.279. The summed E-state index contributed by atoms with van der Waals surface area (Å²) in [6, 6.07) is 4.73. The lowest BCUT2D eigenvalue weighted by Crippen LogP contribution is -2.08. The van der Waals surface area contributed by atoms with Crippen molar-refractivity contribution in [2.24, 2.45) is 0 Å². The van der Waals surface area contributed by atoms with E-state index in [1.165, 1.54) is 6.07 Å². The van der Waals surface area contributed by atoms with E-state index in [0.29, 0.717) is 17.9 Å². The summed E-state index contributed by atoms with van der Waals surface area (Å²) in [4.78, 5) is 0. The van der Waals surface area contributed by atoms with Crippen LogP contribution in [0.1, 0.15) is 12.5 Å². The number of hydrogen-bond acceptors (Lipinski definition) is 2. The van der Waals surface area contributed by atoms with Gasteiger partial charge in [-0.2, -0.15) is 0 Å². The van der Waals surface area contributed by atoms with Crippen molar-refractivity contribution < 1.29 is 18.3 Å². The third-order valence-corrected chi connectivity index (χ3v) is 1.78. The summed E-state index contributed by atoms with van der Waals surface area (Å²) in [7, 11) is 0. The molecule has 0 bridgehead atoms. The molecular formula is C12H12F2O2. The highest BCUT2D eigenvalue weighted by atomic mass is 19.3. The first-order valence-electron chi connectivity index (χ1n) is 4.81. The molecule has 86 valence electrons. The third-order valence-electron chi connectivity index (χ3n) is 1.78. The van der Waals surface area contributed by atoms with Crippen molar-refractivity contribution in [2.45, 2.75) is 13.3 Å². The topological polar surface area (TPSA) is 18.5 Å². The van der Waals surface area contributed by atoms with Crippen molar-refractivity contribution in [3.8, 4) is 23.8 Å². The van der Waals surface area contributed by atoms with Gasteiger partial charge in [0.2, 0.25) is 0 Å². The molecule has 0 saturated heterocycles. The average Bonchev–Trinajstić information content (AvgIpc) is 2.27. The van der Waals surface area contributed by atoms with Crippen molar-refractivity contribution in [1.29, 1.82) is 0 Å². The van der Waals surface area contributed by atoms with Gasteiger partial charge in [-0.05, 0) is 25.1 Å². The van der Waals surface area contributed by atoms with Crippen LogP contribution in [0.15, 0.2) is 18.2 Å². The van der Waals surface area contributed by atoms with Gasteiger partial charge in [0.1, 0.15) is 6.61 Å². The second-order valence-electron chi connectivity index (χ2n) is 2.94. The Bertz CT molecular complexity index is 383. The summed E-state index contributed by atoms with van der Waals surface area (Å²) in [5.74, 6) is 3.10. The molecule has 0 unspecified atom stereocenters. The molecule has 1 rings (SSSR count). The quantitative estimate of drug-likeness (QED) is 0.719. The van der Waals surface area contributed by atoms with Crippen molar-refractivity contribution in [3.63, 3.8) is 0 Å². The van der Waals surface area contributed by atoms with Crippen LogP contribution in [0.25, 0.3) is 0 Å². The molecule has 0 aliphatic carbocycles. The monoisotopic (exact) mass is 226 g/mol. The minimum atomic E-state index is -2.51. The molecular weight excluding hydrogens is 214 g/mol. The molecule has 0 radical (unpaired) electrons. The van der Waals surface area contributed by atoms with Crippen LogP contribution in [0.2, 0.25) is 0 Å². The number of terminal acetylenes is 1. The predicted molar refractivity (Wildman–Crippen MR) is 57.0 cm³/mol. The van der Waals surface area contributed by atoms with Gasteiger partial charge in [0, 0.05) is 5.56 Å². The highest BCUT2D eigenvalue weighted by molar-refractivity contribution is 5.47. The Hall–Kier alpha value is -1.76. The summed E-state index contributed by atoms with van der Waals surface area (Å²) >= 11 is 0. The normalized spacial score (nSPS) is 9.94. The zero-order valence-corrected chi connectivity index (χ0v) is 8.87. The Morgan fingerprint density at radius 3 is 2.62 bits per heavy atom. The van der Waals surface area contributed by atoms with Gasteiger partial charge >= 0.3 is 0 Å². The lowest BCUT2D eigenvalue weighted by Gasteiger charge is -2.11. The standard InChI is InChI=1S/C12H12F2O2/c1-3-9-5-6-10(16-8-12(13)14)11(7-9)15-4-2/h1,5-7,12H,4,8H2,2H3. The number of benzene rings is 1. The summed E-state index contributed by atoms with van der Waals surface area (Å²) < 4.78 is 34.1. The van der Waals surface area contributed by atoms with Gasteiger partial charge in [0.05, 0.1) is 6.61 Å². The molecule has 1 aromatic carbocycles. The fourth-order valence-electron chi connectivity index (χ4n) is 1.14. The molecule has 16 heavy (non-hydrogen) atoms.